The molecule has 84 valence electrons. The van der Waals surface area contributed by atoms with Gasteiger partial charge >= 0.3 is 0 Å². The Labute approximate surface area is 99.9 Å². The molecule has 1 N–H and O–H groups in total. The van der Waals surface area contributed by atoms with Crippen LogP contribution >= 0.6 is 11.6 Å². The van der Waals surface area contributed by atoms with Crippen LogP contribution in [0.5, 0.6) is 0 Å². The quantitative estimate of drug-likeness (QED) is 0.893. The Kier molecular flexibility index (Phi) is 3.12. The van der Waals surface area contributed by atoms with Crippen molar-refractivity contribution in [3.05, 3.63) is 45.2 Å². The van der Waals surface area contributed by atoms with Crippen molar-refractivity contribution >= 4 is 33.3 Å². The fraction of sp³-hybridized carbons (Fsp3) is 0.182. The largest absolute Gasteiger partial charge is 0.322 e. The molecule has 0 aliphatic rings. The third kappa shape index (κ3) is 2.33. The Morgan fingerprint density at radius 1 is 1.38 bits per heavy atom. The molecular formula is C11H10ClNO2S. The molecule has 16 heavy (non-hydrogen) atoms. The minimum atomic E-state index is -0.983. The highest BCUT2D eigenvalue weighted by atomic mass is 35.5. The maximum atomic E-state index is 11.4. The third-order valence-corrected chi connectivity index (χ3v) is 3.20. The monoisotopic (exact) mass is 255 g/mol. The lowest BCUT2D eigenvalue weighted by atomic mass is 10.1. The van der Waals surface area contributed by atoms with E-state index in [1.807, 2.05) is 0 Å². The Morgan fingerprint density at radius 2 is 2.12 bits per heavy atom. The van der Waals surface area contributed by atoms with E-state index in [2.05, 4.69) is 4.98 Å². The molecule has 0 saturated heterocycles. The second kappa shape index (κ2) is 4.39. The average Bonchev–Trinajstić information content (AvgIpc) is 2.18. The van der Waals surface area contributed by atoms with Crippen LogP contribution in [0.2, 0.25) is 5.02 Å². The molecule has 1 aromatic carbocycles. The van der Waals surface area contributed by atoms with Gasteiger partial charge < -0.3 is 4.98 Å². The summed E-state index contributed by atoms with van der Waals surface area (Å²) in [5, 5.41) is 1.45. The summed E-state index contributed by atoms with van der Waals surface area (Å²) in [6.45, 7) is 0. The fourth-order valence-corrected chi connectivity index (χ4v) is 2.48. The van der Waals surface area contributed by atoms with Crippen LogP contribution in [0.15, 0.2) is 29.1 Å². The number of pyridine rings is 1. The first-order valence-corrected chi connectivity index (χ1v) is 6.78. The molecular weight excluding hydrogens is 246 g/mol. The number of rotatable bonds is 2. The molecule has 0 radical (unpaired) electrons. The average molecular weight is 256 g/mol. The van der Waals surface area contributed by atoms with E-state index >= 15 is 0 Å². The predicted molar refractivity (Wildman–Crippen MR) is 67.3 cm³/mol. The lowest BCUT2D eigenvalue weighted by Crippen LogP contribution is -2.07. The number of nitrogens with one attached hydrogen (secondary N) is 1. The Hall–Kier alpha value is -1.13. The maximum absolute atomic E-state index is 11.4. The molecule has 1 heterocycles. The number of hydrogen-bond donors (Lipinski definition) is 1. The first-order valence-electron chi connectivity index (χ1n) is 4.68. The summed E-state index contributed by atoms with van der Waals surface area (Å²) in [7, 11) is -0.983. The maximum Gasteiger partial charge on any atom is 0.248 e. The lowest BCUT2D eigenvalue weighted by molar-refractivity contribution is 0.686. The van der Waals surface area contributed by atoms with Crippen LogP contribution in [-0.2, 0) is 16.6 Å². The molecule has 0 aliphatic carbocycles. The van der Waals surface area contributed by atoms with Crippen molar-refractivity contribution < 1.29 is 4.21 Å². The number of H-pyrrole nitrogens is 1. The molecule has 0 spiro atoms. The summed E-state index contributed by atoms with van der Waals surface area (Å²) in [4.78, 5) is 14.1. The van der Waals surface area contributed by atoms with E-state index in [4.69, 9.17) is 11.6 Å². The third-order valence-electron chi connectivity index (χ3n) is 2.25. The normalized spacial score (nSPS) is 12.9. The molecule has 2 aromatic rings. The Bertz CT molecular complexity index is 621. The van der Waals surface area contributed by atoms with E-state index in [0.29, 0.717) is 10.8 Å². The summed E-state index contributed by atoms with van der Waals surface area (Å²) in [6.07, 6.45) is 1.61. The topological polar surface area (TPSA) is 49.9 Å². The molecule has 0 aliphatic heterocycles. The van der Waals surface area contributed by atoms with Gasteiger partial charge in [-0.3, -0.25) is 9.00 Å². The zero-order chi connectivity index (χ0) is 11.7. The summed E-state index contributed by atoms with van der Waals surface area (Å²) in [6, 6.07) is 6.71. The molecule has 2 rings (SSSR count). The molecule has 0 fully saturated rings. The van der Waals surface area contributed by atoms with Crippen molar-refractivity contribution in [1.29, 1.82) is 0 Å². The molecule has 1 atom stereocenters. The lowest BCUT2D eigenvalue weighted by Gasteiger charge is -2.04. The van der Waals surface area contributed by atoms with Gasteiger partial charge in [0.1, 0.15) is 0 Å². The summed E-state index contributed by atoms with van der Waals surface area (Å²) in [5.41, 5.74) is 1.30. The van der Waals surface area contributed by atoms with Gasteiger partial charge in [-0.2, -0.15) is 0 Å². The van der Waals surface area contributed by atoms with E-state index in [-0.39, 0.29) is 5.56 Å². The van der Waals surface area contributed by atoms with Gasteiger partial charge in [0.05, 0.1) is 0 Å². The van der Waals surface area contributed by atoms with Gasteiger partial charge in [0.2, 0.25) is 5.56 Å². The zero-order valence-electron chi connectivity index (χ0n) is 8.62. The molecule has 3 nitrogen and oxygen atoms in total. The molecule has 0 amide bonds. The summed E-state index contributed by atoms with van der Waals surface area (Å²) < 4.78 is 11.2. The van der Waals surface area contributed by atoms with E-state index in [1.54, 1.807) is 24.5 Å². The van der Waals surface area contributed by atoms with Gasteiger partial charge in [0.25, 0.3) is 0 Å². The highest BCUT2D eigenvalue weighted by molar-refractivity contribution is 7.83. The molecule has 1 aromatic heterocycles. The smallest absolute Gasteiger partial charge is 0.248 e. The minimum Gasteiger partial charge on any atom is -0.322 e. The predicted octanol–water partition coefficient (Wildman–Crippen LogP) is 2.06. The number of benzene rings is 1. The minimum absolute atomic E-state index is 0.185. The van der Waals surface area contributed by atoms with Gasteiger partial charge in [0, 0.05) is 44.8 Å². The van der Waals surface area contributed by atoms with Crippen molar-refractivity contribution in [2.75, 3.05) is 6.26 Å². The first kappa shape index (κ1) is 11.4. The highest BCUT2D eigenvalue weighted by Gasteiger charge is 2.05. The standard InChI is InChI=1S/C11H10ClNO2S/c1-16(15)6-7-4-11(14)13-10-3-2-8(12)5-9(7)10/h2-5H,6H2,1H3,(H,13,14). The van der Waals surface area contributed by atoms with Crippen LogP contribution in [0.25, 0.3) is 10.9 Å². The first-order chi connectivity index (χ1) is 7.56. The number of aromatic amines is 1. The summed E-state index contributed by atoms with van der Waals surface area (Å²) >= 11 is 5.90. The molecule has 0 saturated carbocycles. The van der Waals surface area contributed by atoms with E-state index < -0.39 is 10.8 Å². The molecule has 0 bridgehead atoms. The van der Waals surface area contributed by atoms with Crippen LogP contribution in [-0.4, -0.2) is 15.4 Å². The summed E-state index contributed by atoms with van der Waals surface area (Å²) in [5.74, 6) is 0.362. The van der Waals surface area contributed by atoms with Gasteiger partial charge in [0.15, 0.2) is 0 Å². The fourth-order valence-electron chi connectivity index (χ4n) is 1.63. The van der Waals surface area contributed by atoms with Gasteiger partial charge in [-0.05, 0) is 23.8 Å². The van der Waals surface area contributed by atoms with Crippen LogP contribution in [0.1, 0.15) is 5.56 Å². The number of hydrogen-bond acceptors (Lipinski definition) is 2. The van der Waals surface area contributed by atoms with Crippen LogP contribution in [0.4, 0.5) is 0 Å². The Balaban J connectivity index is 2.74. The zero-order valence-corrected chi connectivity index (χ0v) is 10.2. The van der Waals surface area contributed by atoms with Crippen molar-refractivity contribution in [1.82, 2.24) is 4.98 Å². The highest BCUT2D eigenvalue weighted by Crippen LogP contribution is 2.20. The van der Waals surface area contributed by atoms with Crippen molar-refractivity contribution in [2.24, 2.45) is 0 Å². The number of halogens is 1. The van der Waals surface area contributed by atoms with Crippen LogP contribution in [0, 0.1) is 0 Å². The molecule has 1 unspecified atom stereocenters. The molecule has 5 heteroatoms. The van der Waals surface area contributed by atoms with Gasteiger partial charge in [-0.25, -0.2) is 0 Å². The Morgan fingerprint density at radius 3 is 2.81 bits per heavy atom. The number of fused-ring (bicyclic) bond motifs is 1. The second-order valence-electron chi connectivity index (χ2n) is 3.57. The SMILES string of the molecule is CS(=O)Cc1cc(=O)[nH]c2ccc(Cl)cc12. The van der Waals surface area contributed by atoms with Gasteiger partial charge in [-0.15, -0.1) is 0 Å². The second-order valence-corrected chi connectivity index (χ2v) is 5.44. The van der Waals surface area contributed by atoms with Gasteiger partial charge in [-0.1, -0.05) is 11.6 Å². The van der Waals surface area contributed by atoms with E-state index in [9.17, 15) is 9.00 Å². The number of aromatic nitrogens is 1. The van der Waals surface area contributed by atoms with Crippen LogP contribution < -0.4 is 5.56 Å². The van der Waals surface area contributed by atoms with Crippen LogP contribution in [0.3, 0.4) is 0 Å². The van der Waals surface area contributed by atoms with Crippen molar-refractivity contribution in [2.45, 2.75) is 5.75 Å². The van der Waals surface area contributed by atoms with Crippen molar-refractivity contribution in [3.63, 3.8) is 0 Å². The van der Waals surface area contributed by atoms with Crippen molar-refractivity contribution in [3.8, 4) is 0 Å². The van der Waals surface area contributed by atoms with E-state index in [1.165, 1.54) is 6.07 Å². The van der Waals surface area contributed by atoms with E-state index in [0.717, 1.165) is 16.5 Å².